The molecule has 0 bridgehead atoms. The Bertz CT molecular complexity index is 1510. The fourth-order valence-corrected chi connectivity index (χ4v) is 6.77. The molecule has 0 saturated heterocycles. The maximum atomic E-state index is 13.9. The van der Waals surface area contributed by atoms with E-state index in [-0.39, 0.29) is 22.0 Å². The van der Waals surface area contributed by atoms with E-state index in [0.29, 0.717) is 27.3 Å². The van der Waals surface area contributed by atoms with Crippen LogP contribution in [0.15, 0.2) is 64.4 Å². The zero-order valence-corrected chi connectivity index (χ0v) is 23.7. The second-order valence-corrected chi connectivity index (χ2v) is 13.1. The van der Waals surface area contributed by atoms with Crippen molar-refractivity contribution in [1.82, 2.24) is 9.03 Å². The Kier molecular flexibility index (Phi) is 8.81. The van der Waals surface area contributed by atoms with Gasteiger partial charge >= 0.3 is 0 Å². The molecule has 0 heterocycles. The van der Waals surface area contributed by atoms with Crippen LogP contribution in [0.25, 0.3) is 0 Å². The largest absolute Gasteiger partial charge is 0.325 e. The first-order valence-electron chi connectivity index (χ1n) is 11.4. The van der Waals surface area contributed by atoms with Crippen molar-refractivity contribution in [3.05, 3.63) is 87.4 Å². The minimum atomic E-state index is -4.09. The summed E-state index contributed by atoms with van der Waals surface area (Å²) in [5.41, 5.74) is 3.65. The van der Waals surface area contributed by atoms with Crippen LogP contribution in [0.2, 0.25) is 5.02 Å². The highest BCUT2D eigenvalue weighted by molar-refractivity contribution is 7.89. The van der Waals surface area contributed by atoms with E-state index in [1.807, 2.05) is 6.92 Å². The van der Waals surface area contributed by atoms with E-state index in [2.05, 4.69) is 10.0 Å². The summed E-state index contributed by atoms with van der Waals surface area (Å²) in [5, 5.41) is 3.18. The van der Waals surface area contributed by atoms with Gasteiger partial charge in [-0.15, -0.1) is 0 Å². The molecular formula is C26H30ClN3O5S2. The number of sulfonamides is 2. The predicted molar refractivity (Wildman–Crippen MR) is 146 cm³/mol. The number of nitrogens with zero attached hydrogens (tertiary/aromatic N) is 1. The molecule has 0 saturated carbocycles. The van der Waals surface area contributed by atoms with Crippen molar-refractivity contribution in [3.8, 4) is 0 Å². The van der Waals surface area contributed by atoms with Gasteiger partial charge in [0.2, 0.25) is 26.0 Å². The van der Waals surface area contributed by atoms with Crippen molar-refractivity contribution in [1.29, 1.82) is 0 Å². The first kappa shape index (κ1) is 28.8. The topological polar surface area (TPSA) is 113 Å². The summed E-state index contributed by atoms with van der Waals surface area (Å²) in [5.74, 6) is -0.609. The highest BCUT2D eigenvalue weighted by atomic mass is 35.5. The first-order chi connectivity index (χ1) is 17.2. The van der Waals surface area contributed by atoms with Gasteiger partial charge in [-0.05, 0) is 81.3 Å². The highest BCUT2D eigenvalue weighted by Gasteiger charge is 2.30. The van der Waals surface area contributed by atoms with Crippen LogP contribution in [0.5, 0.6) is 0 Å². The zero-order valence-electron chi connectivity index (χ0n) is 21.3. The number of nitrogens with one attached hydrogen (secondary N) is 2. The number of hydrogen-bond acceptors (Lipinski definition) is 5. The number of amides is 1. The van der Waals surface area contributed by atoms with E-state index in [1.165, 1.54) is 19.2 Å². The van der Waals surface area contributed by atoms with Crippen molar-refractivity contribution >= 4 is 43.2 Å². The number of carbonyl (C=O) groups excluding carboxylic acids is 1. The molecule has 0 radical (unpaired) electrons. The summed E-state index contributed by atoms with van der Waals surface area (Å²) in [6.07, 6.45) is 0. The summed E-state index contributed by atoms with van der Waals surface area (Å²) in [4.78, 5) is 13.3. The lowest BCUT2D eigenvalue weighted by Crippen LogP contribution is -2.38. The lowest BCUT2D eigenvalue weighted by molar-refractivity contribution is -0.116. The molecule has 2 N–H and O–H groups in total. The number of benzene rings is 3. The molecule has 0 spiro atoms. The van der Waals surface area contributed by atoms with Gasteiger partial charge in [0.1, 0.15) is 0 Å². The normalized spacial score (nSPS) is 12.1. The van der Waals surface area contributed by atoms with Crippen LogP contribution in [0.3, 0.4) is 0 Å². The SMILES string of the molecule is CNS(=O)(=O)c1ccc(C)c(NC(=O)CN(Cc2ccc(Cl)cc2)S(=O)(=O)c2c(C)cc(C)cc2C)c1. The molecule has 37 heavy (non-hydrogen) atoms. The maximum absolute atomic E-state index is 13.9. The molecule has 0 atom stereocenters. The van der Waals surface area contributed by atoms with E-state index in [4.69, 9.17) is 11.6 Å². The Morgan fingerprint density at radius 3 is 2.03 bits per heavy atom. The minimum absolute atomic E-state index is 0.0209. The maximum Gasteiger partial charge on any atom is 0.244 e. The first-order valence-corrected chi connectivity index (χ1v) is 14.7. The van der Waals surface area contributed by atoms with Gasteiger partial charge in [0.25, 0.3) is 0 Å². The summed E-state index contributed by atoms with van der Waals surface area (Å²) in [6, 6.07) is 14.6. The standard InChI is InChI=1S/C26H30ClN3O5S2/c1-17-12-19(3)26(20(4)13-17)37(34,35)30(15-21-7-9-22(27)10-8-21)16-25(31)29-24-14-23(11-6-18(24)2)36(32,33)28-5/h6-14,28H,15-16H2,1-5H3,(H,29,31). The van der Waals surface area contributed by atoms with Crippen molar-refractivity contribution in [2.24, 2.45) is 0 Å². The number of carbonyl (C=O) groups is 1. The molecule has 11 heteroatoms. The van der Waals surface area contributed by atoms with Crippen LogP contribution in [-0.2, 0) is 31.4 Å². The van der Waals surface area contributed by atoms with Crippen molar-refractivity contribution in [2.75, 3.05) is 18.9 Å². The van der Waals surface area contributed by atoms with Crippen molar-refractivity contribution in [2.45, 2.75) is 44.0 Å². The minimum Gasteiger partial charge on any atom is -0.325 e. The molecule has 3 aromatic carbocycles. The average Bonchev–Trinajstić information content (AvgIpc) is 2.80. The van der Waals surface area contributed by atoms with Gasteiger partial charge in [0.05, 0.1) is 16.3 Å². The van der Waals surface area contributed by atoms with E-state index in [1.54, 1.807) is 63.2 Å². The Morgan fingerprint density at radius 1 is 0.865 bits per heavy atom. The quantitative estimate of drug-likeness (QED) is 0.403. The van der Waals surface area contributed by atoms with Crippen LogP contribution in [0, 0.1) is 27.7 Å². The third-order valence-electron chi connectivity index (χ3n) is 5.86. The monoisotopic (exact) mass is 563 g/mol. The van der Waals surface area contributed by atoms with Gasteiger partial charge in [-0.1, -0.05) is 47.5 Å². The molecular weight excluding hydrogens is 534 g/mol. The second kappa shape index (κ2) is 11.3. The highest BCUT2D eigenvalue weighted by Crippen LogP contribution is 2.27. The fourth-order valence-electron chi connectivity index (χ4n) is 4.09. The molecule has 0 aliphatic rings. The summed E-state index contributed by atoms with van der Waals surface area (Å²) in [7, 11) is -6.52. The van der Waals surface area contributed by atoms with Gasteiger partial charge in [0.15, 0.2) is 0 Å². The summed E-state index contributed by atoms with van der Waals surface area (Å²) in [6.45, 7) is 6.51. The Balaban J connectivity index is 1.99. The van der Waals surface area contributed by atoms with E-state index < -0.39 is 32.5 Å². The fraction of sp³-hybridized carbons (Fsp3) is 0.269. The van der Waals surface area contributed by atoms with Gasteiger partial charge in [-0.3, -0.25) is 4.79 Å². The molecule has 0 aromatic heterocycles. The molecule has 0 fully saturated rings. The van der Waals surface area contributed by atoms with Crippen LogP contribution in [0.4, 0.5) is 5.69 Å². The third-order valence-corrected chi connectivity index (χ3v) is 9.62. The smallest absolute Gasteiger partial charge is 0.244 e. The molecule has 198 valence electrons. The van der Waals surface area contributed by atoms with Crippen LogP contribution < -0.4 is 10.0 Å². The molecule has 0 aliphatic heterocycles. The molecule has 3 aromatic rings. The predicted octanol–water partition coefficient (Wildman–Crippen LogP) is 4.31. The molecule has 1 amide bonds. The van der Waals surface area contributed by atoms with E-state index >= 15 is 0 Å². The number of anilines is 1. The lowest BCUT2D eigenvalue weighted by atomic mass is 10.1. The molecule has 8 nitrogen and oxygen atoms in total. The Hall–Kier alpha value is -2.76. The Labute approximate surface area is 223 Å². The van der Waals surface area contributed by atoms with Crippen LogP contribution in [0.1, 0.15) is 27.8 Å². The van der Waals surface area contributed by atoms with Crippen LogP contribution >= 0.6 is 11.6 Å². The Morgan fingerprint density at radius 2 is 1.46 bits per heavy atom. The van der Waals surface area contributed by atoms with Gasteiger partial charge in [0, 0.05) is 17.3 Å². The van der Waals surface area contributed by atoms with Gasteiger partial charge < -0.3 is 5.32 Å². The lowest BCUT2D eigenvalue weighted by Gasteiger charge is -2.24. The van der Waals surface area contributed by atoms with E-state index in [9.17, 15) is 21.6 Å². The second-order valence-electron chi connectivity index (χ2n) is 8.86. The zero-order chi connectivity index (χ0) is 27.5. The van der Waals surface area contributed by atoms with Crippen LogP contribution in [-0.4, -0.2) is 40.6 Å². The third kappa shape index (κ3) is 6.77. The molecule has 3 rings (SSSR count). The van der Waals surface area contributed by atoms with Crippen molar-refractivity contribution < 1.29 is 21.6 Å². The average molecular weight is 564 g/mol. The number of halogens is 1. The summed E-state index contributed by atoms with van der Waals surface area (Å²) >= 11 is 5.99. The number of rotatable bonds is 9. The number of hydrogen-bond donors (Lipinski definition) is 2. The molecule has 0 unspecified atom stereocenters. The number of aryl methyl sites for hydroxylation is 4. The summed E-state index contributed by atoms with van der Waals surface area (Å²) < 4.78 is 55.5. The van der Waals surface area contributed by atoms with E-state index in [0.717, 1.165) is 9.87 Å². The van der Waals surface area contributed by atoms with Gasteiger partial charge in [-0.25, -0.2) is 21.6 Å². The molecule has 0 aliphatic carbocycles. The van der Waals surface area contributed by atoms with Crippen molar-refractivity contribution in [3.63, 3.8) is 0 Å². The van der Waals surface area contributed by atoms with Gasteiger partial charge in [-0.2, -0.15) is 4.31 Å².